The molecule has 122 valence electrons. The molecule has 0 fully saturated rings. The number of thiophene rings is 1. The fourth-order valence-corrected chi connectivity index (χ4v) is 2.75. The molecule has 0 radical (unpaired) electrons. The highest BCUT2D eigenvalue weighted by Gasteiger charge is 2.04. The van der Waals surface area contributed by atoms with E-state index in [0.29, 0.717) is 11.7 Å². The van der Waals surface area contributed by atoms with E-state index < -0.39 is 0 Å². The van der Waals surface area contributed by atoms with Crippen molar-refractivity contribution in [3.63, 3.8) is 0 Å². The summed E-state index contributed by atoms with van der Waals surface area (Å²) in [4.78, 5) is 13.9. The van der Waals surface area contributed by atoms with E-state index in [9.17, 15) is 4.79 Å². The van der Waals surface area contributed by atoms with Crippen LogP contribution in [0.2, 0.25) is 0 Å². The van der Waals surface area contributed by atoms with Gasteiger partial charge < -0.3 is 4.74 Å². The van der Waals surface area contributed by atoms with Gasteiger partial charge in [0.05, 0.1) is 6.21 Å². The predicted molar refractivity (Wildman–Crippen MR) is 95.4 cm³/mol. The van der Waals surface area contributed by atoms with Crippen molar-refractivity contribution in [1.29, 1.82) is 0 Å². The van der Waals surface area contributed by atoms with Crippen LogP contribution in [0, 0.1) is 6.92 Å². The molecule has 0 aliphatic carbocycles. The van der Waals surface area contributed by atoms with Crippen LogP contribution in [0.1, 0.15) is 41.5 Å². The van der Waals surface area contributed by atoms with Crippen molar-refractivity contribution < 1.29 is 9.53 Å². The van der Waals surface area contributed by atoms with Crippen LogP contribution in [0.25, 0.3) is 0 Å². The number of carbonyl (C=O) groups excluding carboxylic acids is 1. The van der Waals surface area contributed by atoms with Crippen LogP contribution >= 0.6 is 11.3 Å². The third-order valence-electron chi connectivity index (χ3n) is 3.57. The molecule has 0 saturated carbocycles. The van der Waals surface area contributed by atoms with Crippen LogP contribution in [0.3, 0.4) is 0 Å². The largest absolute Gasteiger partial charge is 0.484 e. The second kappa shape index (κ2) is 8.48. The van der Waals surface area contributed by atoms with Gasteiger partial charge in [0.1, 0.15) is 5.75 Å². The quantitative estimate of drug-likeness (QED) is 0.614. The number of hydrogen-bond acceptors (Lipinski definition) is 4. The summed E-state index contributed by atoms with van der Waals surface area (Å²) in [5, 5.41) is 3.92. The zero-order valence-electron chi connectivity index (χ0n) is 13.7. The molecule has 1 aromatic carbocycles. The maximum absolute atomic E-state index is 11.7. The lowest BCUT2D eigenvalue weighted by Gasteiger charge is -2.10. The molecule has 0 aliphatic heterocycles. The minimum Gasteiger partial charge on any atom is -0.484 e. The first-order valence-electron chi connectivity index (χ1n) is 7.69. The minimum absolute atomic E-state index is 0.0521. The molecule has 5 heteroatoms. The molecule has 4 nitrogen and oxygen atoms in total. The zero-order chi connectivity index (χ0) is 16.7. The van der Waals surface area contributed by atoms with Gasteiger partial charge in [0.15, 0.2) is 6.61 Å². The molecule has 0 unspecified atom stereocenters. The Hall–Kier alpha value is -2.14. The summed E-state index contributed by atoms with van der Waals surface area (Å²) < 4.78 is 5.46. The summed E-state index contributed by atoms with van der Waals surface area (Å²) in [6.45, 7) is 6.33. The standard InChI is InChI=1S/C18H22N2O2S/c1-4-13(2)15-6-8-16(9-7-15)22-12-18(21)20-19-11-17-10-5-14(3)23-17/h5-11,13H,4,12H2,1-3H3,(H,20,21)/b19-11-/t13-/m0/s1. The molecule has 2 rings (SSSR count). The number of amides is 1. The van der Waals surface area contributed by atoms with Crippen molar-refractivity contribution in [2.75, 3.05) is 6.61 Å². The third-order valence-corrected chi connectivity index (χ3v) is 4.51. The summed E-state index contributed by atoms with van der Waals surface area (Å²) in [5.41, 5.74) is 3.74. The van der Waals surface area contributed by atoms with Crippen molar-refractivity contribution in [2.45, 2.75) is 33.1 Å². The molecule has 1 N–H and O–H groups in total. The van der Waals surface area contributed by atoms with Gasteiger partial charge in [-0.05, 0) is 49.1 Å². The Balaban J connectivity index is 1.76. The molecule has 1 heterocycles. The molecule has 0 spiro atoms. The van der Waals surface area contributed by atoms with E-state index in [1.165, 1.54) is 10.4 Å². The van der Waals surface area contributed by atoms with Crippen LogP contribution in [0.5, 0.6) is 5.75 Å². The fourth-order valence-electron chi connectivity index (χ4n) is 2.00. The number of nitrogens with zero attached hydrogens (tertiary/aromatic N) is 1. The topological polar surface area (TPSA) is 50.7 Å². The Bertz CT molecular complexity index is 662. The highest BCUT2D eigenvalue weighted by atomic mass is 32.1. The van der Waals surface area contributed by atoms with E-state index in [-0.39, 0.29) is 12.5 Å². The number of hydrogen-bond donors (Lipinski definition) is 1. The van der Waals surface area contributed by atoms with Gasteiger partial charge >= 0.3 is 0 Å². The molecule has 1 aromatic heterocycles. The van der Waals surface area contributed by atoms with Crippen LogP contribution in [0.4, 0.5) is 0 Å². The lowest BCUT2D eigenvalue weighted by molar-refractivity contribution is -0.123. The number of aryl methyl sites for hydroxylation is 1. The monoisotopic (exact) mass is 330 g/mol. The smallest absolute Gasteiger partial charge is 0.277 e. The average Bonchev–Trinajstić information content (AvgIpc) is 2.98. The summed E-state index contributed by atoms with van der Waals surface area (Å²) >= 11 is 1.62. The van der Waals surface area contributed by atoms with E-state index >= 15 is 0 Å². The number of carbonyl (C=O) groups is 1. The van der Waals surface area contributed by atoms with Gasteiger partial charge in [-0.1, -0.05) is 26.0 Å². The molecule has 0 saturated heterocycles. The van der Waals surface area contributed by atoms with Crippen LogP contribution in [-0.4, -0.2) is 18.7 Å². The van der Waals surface area contributed by atoms with Gasteiger partial charge in [-0.2, -0.15) is 5.10 Å². The number of hydrazone groups is 1. The Morgan fingerprint density at radius 1 is 1.30 bits per heavy atom. The van der Waals surface area contributed by atoms with Gasteiger partial charge in [0.25, 0.3) is 5.91 Å². The maximum atomic E-state index is 11.7. The van der Waals surface area contributed by atoms with Gasteiger partial charge in [-0.25, -0.2) is 5.43 Å². The van der Waals surface area contributed by atoms with Crippen LogP contribution in [-0.2, 0) is 4.79 Å². The summed E-state index contributed by atoms with van der Waals surface area (Å²) in [5.74, 6) is 0.938. The van der Waals surface area contributed by atoms with Crippen molar-refractivity contribution in [1.82, 2.24) is 5.43 Å². The van der Waals surface area contributed by atoms with Gasteiger partial charge in [0, 0.05) is 9.75 Å². The summed E-state index contributed by atoms with van der Waals surface area (Å²) in [7, 11) is 0. The molecule has 1 atom stereocenters. The molecule has 0 aliphatic rings. The number of nitrogens with one attached hydrogen (secondary N) is 1. The Kier molecular flexibility index (Phi) is 6.35. The molecule has 1 amide bonds. The first-order chi connectivity index (χ1) is 11.1. The van der Waals surface area contributed by atoms with E-state index in [2.05, 4.69) is 24.4 Å². The fraction of sp³-hybridized carbons (Fsp3) is 0.333. The lowest BCUT2D eigenvalue weighted by Crippen LogP contribution is -2.24. The molecule has 23 heavy (non-hydrogen) atoms. The average molecular weight is 330 g/mol. The number of ether oxygens (including phenoxy) is 1. The molecular weight excluding hydrogens is 308 g/mol. The number of rotatable bonds is 7. The predicted octanol–water partition coefficient (Wildman–Crippen LogP) is 4.10. The molecule has 2 aromatic rings. The normalized spacial score (nSPS) is 12.3. The van der Waals surface area contributed by atoms with Crippen molar-refractivity contribution >= 4 is 23.5 Å². The van der Waals surface area contributed by atoms with Crippen molar-refractivity contribution in [2.24, 2.45) is 5.10 Å². The second-order valence-corrected chi connectivity index (χ2v) is 6.73. The Labute approximate surface area is 141 Å². The van der Waals surface area contributed by atoms with Crippen molar-refractivity contribution in [3.05, 3.63) is 51.7 Å². The van der Waals surface area contributed by atoms with E-state index in [0.717, 1.165) is 11.3 Å². The highest BCUT2D eigenvalue weighted by Crippen LogP contribution is 2.21. The molecular formula is C18H22N2O2S. The summed E-state index contributed by atoms with van der Waals surface area (Å²) in [6, 6.07) is 11.8. The minimum atomic E-state index is -0.277. The second-order valence-electron chi connectivity index (χ2n) is 5.41. The van der Waals surface area contributed by atoms with Crippen molar-refractivity contribution in [3.8, 4) is 5.75 Å². The first kappa shape index (κ1) is 17.2. The SMILES string of the molecule is CC[C@H](C)c1ccc(OCC(=O)N/N=C\c2ccc(C)s2)cc1. The summed E-state index contributed by atoms with van der Waals surface area (Å²) in [6.07, 6.45) is 2.74. The van der Waals surface area contributed by atoms with E-state index in [4.69, 9.17) is 4.74 Å². The van der Waals surface area contributed by atoms with Gasteiger partial charge in [0.2, 0.25) is 0 Å². The van der Waals surface area contributed by atoms with Gasteiger partial charge in [-0.15, -0.1) is 11.3 Å². The Morgan fingerprint density at radius 2 is 2.04 bits per heavy atom. The zero-order valence-corrected chi connectivity index (χ0v) is 14.5. The lowest BCUT2D eigenvalue weighted by atomic mass is 9.99. The first-order valence-corrected chi connectivity index (χ1v) is 8.51. The Morgan fingerprint density at radius 3 is 2.65 bits per heavy atom. The molecule has 0 bridgehead atoms. The van der Waals surface area contributed by atoms with Crippen LogP contribution in [0.15, 0.2) is 41.5 Å². The van der Waals surface area contributed by atoms with Crippen LogP contribution < -0.4 is 10.2 Å². The number of benzene rings is 1. The van der Waals surface area contributed by atoms with Gasteiger partial charge in [-0.3, -0.25) is 4.79 Å². The van der Waals surface area contributed by atoms with E-state index in [1.807, 2.05) is 43.3 Å². The highest BCUT2D eigenvalue weighted by molar-refractivity contribution is 7.13. The third kappa shape index (κ3) is 5.53. The maximum Gasteiger partial charge on any atom is 0.277 e. The van der Waals surface area contributed by atoms with E-state index in [1.54, 1.807) is 17.6 Å².